The van der Waals surface area contributed by atoms with Crippen molar-refractivity contribution in [1.29, 1.82) is 0 Å². The lowest BCUT2D eigenvalue weighted by atomic mass is 10.1. The van der Waals surface area contributed by atoms with Crippen LogP contribution in [0.15, 0.2) is 48.5 Å². The van der Waals surface area contributed by atoms with E-state index in [0.717, 1.165) is 11.1 Å². The Balaban J connectivity index is 1.62. The lowest BCUT2D eigenvalue weighted by molar-refractivity contribution is -0.117. The highest BCUT2D eigenvalue weighted by molar-refractivity contribution is 7.88. The van der Waals surface area contributed by atoms with Crippen LogP contribution in [0.4, 0.5) is 10.1 Å². The zero-order valence-corrected chi connectivity index (χ0v) is 19.3. The van der Waals surface area contributed by atoms with Crippen molar-refractivity contribution in [2.24, 2.45) is 5.92 Å². The molecule has 2 aromatic carbocycles. The van der Waals surface area contributed by atoms with Crippen LogP contribution in [0.1, 0.15) is 11.1 Å². The van der Waals surface area contributed by atoms with Crippen LogP contribution >= 0.6 is 0 Å². The first-order chi connectivity index (χ1) is 15.2. The van der Waals surface area contributed by atoms with Crippen LogP contribution in [-0.2, 0) is 26.2 Å². The zero-order valence-electron chi connectivity index (χ0n) is 18.5. The third-order valence-corrected chi connectivity index (χ3v) is 6.69. The first-order valence-electron chi connectivity index (χ1n) is 10.6. The van der Waals surface area contributed by atoms with Crippen LogP contribution in [0.25, 0.3) is 0 Å². The van der Waals surface area contributed by atoms with E-state index >= 15 is 0 Å². The molecule has 1 aliphatic rings. The van der Waals surface area contributed by atoms with E-state index < -0.39 is 15.8 Å². The molecule has 1 fully saturated rings. The Morgan fingerprint density at radius 1 is 1.16 bits per heavy atom. The van der Waals surface area contributed by atoms with Crippen LogP contribution in [0.2, 0.25) is 0 Å². The maximum atomic E-state index is 13.5. The van der Waals surface area contributed by atoms with Gasteiger partial charge in [0, 0.05) is 37.8 Å². The predicted molar refractivity (Wildman–Crippen MR) is 122 cm³/mol. The molecule has 0 spiro atoms. The number of nitrogens with zero attached hydrogens (tertiary/aromatic N) is 2. The Hall–Kier alpha value is -2.33. The summed E-state index contributed by atoms with van der Waals surface area (Å²) in [5.74, 6) is -0.768. The highest BCUT2D eigenvalue weighted by Crippen LogP contribution is 2.17. The van der Waals surface area contributed by atoms with Gasteiger partial charge >= 0.3 is 0 Å². The number of sulfonamides is 1. The molecule has 7 nitrogen and oxygen atoms in total. The molecule has 9 heteroatoms. The highest BCUT2D eigenvalue weighted by atomic mass is 32.2. The van der Waals surface area contributed by atoms with Crippen LogP contribution in [-0.4, -0.2) is 69.1 Å². The van der Waals surface area contributed by atoms with Crippen molar-refractivity contribution in [2.75, 3.05) is 50.9 Å². The fourth-order valence-corrected chi connectivity index (χ4v) is 4.63. The number of hydrogen-bond donors (Lipinski definition) is 1. The molecule has 1 amide bonds. The Kier molecular flexibility index (Phi) is 8.36. The summed E-state index contributed by atoms with van der Waals surface area (Å²) in [6.07, 6.45) is 1.20. The molecule has 1 saturated heterocycles. The second kappa shape index (κ2) is 11.0. The number of rotatable bonds is 8. The van der Waals surface area contributed by atoms with Crippen molar-refractivity contribution in [3.05, 3.63) is 65.5 Å². The van der Waals surface area contributed by atoms with E-state index in [-0.39, 0.29) is 18.4 Å². The van der Waals surface area contributed by atoms with Gasteiger partial charge in [-0.3, -0.25) is 9.69 Å². The van der Waals surface area contributed by atoms with Gasteiger partial charge in [0.05, 0.1) is 26.0 Å². The van der Waals surface area contributed by atoms with Crippen molar-refractivity contribution >= 4 is 21.6 Å². The van der Waals surface area contributed by atoms with Gasteiger partial charge in [-0.1, -0.05) is 36.4 Å². The Bertz CT molecular complexity index is 1020. The largest absolute Gasteiger partial charge is 0.376 e. The summed E-state index contributed by atoms with van der Waals surface area (Å²) in [6.45, 7) is 4.30. The third kappa shape index (κ3) is 7.37. The number of amides is 1. The second-order valence-corrected chi connectivity index (χ2v) is 10.2. The number of carbonyl (C=O) groups is 1. The molecule has 1 heterocycles. The van der Waals surface area contributed by atoms with Gasteiger partial charge < -0.3 is 10.1 Å². The second-order valence-electron chi connectivity index (χ2n) is 8.23. The van der Waals surface area contributed by atoms with E-state index in [9.17, 15) is 17.6 Å². The summed E-state index contributed by atoms with van der Waals surface area (Å²) in [5.41, 5.74) is 2.25. The number of halogens is 1. The quantitative estimate of drug-likeness (QED) is 0.651. The van der Waals surface area contributed by atoms with Gasteiger partial charge in [-0.15, -0.1) is 0 Å². The summed E-state index contributed by atoms with van der Waals surface area (Å²) in [4.78, 5) is 14.5. The molecule has 0 aliphatic carbocycles. The zero-order chi connectivity index (χ0) is 23.1. The number of hydrogen-bond acceptors (Lipinski definition) is 5. The molecule has 174 valence electrons. The van der Waals surface area contributed by atoms with Crippen molar-refractivity contribution in [2.45, 2.75) is 13.5 Å². The molecule has 0 aromatic heterocycles. The van der Waals surface area contributed by atoms with Gasteiger partial charge in [0.1, 0.15) is 5.82 Å². The maximum Gasteiger partial charge on any atom is 0.238 e. The van der Waals surface area contributed by atoms with Crippen LogP contribution in [0, 0.1) is 18.7 Å². The monoisotopic (exact) mass is 463 g/mol. The molecule has 2 aromatic rings. The molecular formula is C23H30FN3O4S. The minimum atomic E-state index is -3.36. The van der Waals surface area contributed by atoms with Crippen LogP contribution in [0.3, 0.4) is 0 Å². The molecule has 0 bridgehead atoms. The van der Waals surface area contributed by atoms with Gasteiger partial charge in [0.15, 0.2) is 0 Å². The van der Waals surface area contributed by atoms with E-state index in [1.807, 2.05) is 35.2 Å². The Morgan fingerprint density at radius 2 is 1.91 bits per heavy atom. The molecule has 0 radical (unpaired) electrons. The first kappa shape index (κ1) is 24.3. The number of nitrogens with one attached hydrogen (secondary N) is 1. The van der Waals surface area contributed by atoms with E-state index in [4.69, 9.17) is 4.74 Å². The average Bonchev–Trinajstić information content (AvgIpc) is 2.94. The summed E-state index contributed by atoms with van der Waals surface area (Å²) < 4.78 is 45.2. The standard InChI is InChI=1S/C23H30FN3O4S/c1-18-8-9-21(24)12-22(18)25-23(28)15-26-10-11-27(32(2,29)30)14-20(13-26)17-31-16-19-6-4-3-5-7-19/h3-9,12,20H,10-11,13-17H2,1-2H3,(H,25,28). The fraction of sp³-hybridized carbons (Fsp3) is 0.435. The van der Waals surface area contributed by atoms with Crippen LogP contribution in [0.5, 0.6) is 0 Å². The van der Waals surface area contributed by atoms with Gasteiger partial charge in [0.2, 0.25) is 15.9 Å². The van der Waals surface area contributed by atoms with Crippen molar-refractivity contribution < 1.29 is 22.3 Å². The minimum absolute atomic E-state index is 0.0837. The number of anilines is 1. The molecule has 1 N–H and O–H groups in total. The van der Waals surface area contributed by atoms with E-state index in [0.29, 0.717) is 45.1 Å². The number of carbonyl (C=O) groups excluding carboxylic acids is 1. The highest BCUT2D eigenvalue weighted by Gasteiger charge is 2.28. The number of benzene rings is 2. The SMILES string of the molecule is Cc1ccc(F)cc1NC(=O)CN1CCN(S(C)(=O)=O)CC(COCc2ccccc2)C1. The van der Waals surface area contributed by atoms with E-state index in [1.165, 1.54) is 22.7 Å². The Labute approximate surface area is 189 Å². The topological polar surface area (TPSA) is 79.0 Å². The van der Waals surface area contributed by atoms with Gasteiger partial charge in [-0.2, -0.15) is 0 Å². The number of ether oxygens (including phenoxy) is 1. The van der Waals surface area contributed by atoms with E-state index in [2.05, 4.69) is 5.32 Å². The predicted octanol–water partition coefficient (Wildman–Crippen LogP) is 2.48. The smallest absolute Gasteiger partial charge is 0.238 e. The number of aryl methyl sites for hydroxylation is 1. The lowest BCUT2D eigenvalue weighted by Gasteiger charge is -2.23. The first-order valence-corrected chi connectivity index (χ1v) is 12.4. The van der Waals surface area contributed by atoms with Gasteiger partial charge in [0.25, 0.3) is 0 Å². The average molecular weight is 464 g/mol. The molecule has 1 aliphatic heterocycles. The normalized spacial score (nSPS) is 18.3. The fourth-order valence-electron chi connectivity index (χ4n) is 3.74. The molecule has 1 atom stereocenters. The minimum Gasteiger partial charge on any atom is -0.376 e. The van der Waals surface area contributed by atoms with E-state index in [1.54, 1.807) is 13.0 Å². The molecular weight excluding hydrogens is 433 g/mol. The van der Waals surface area contributed by atoms with Crippen molar-refractivity contribution in [3.63, 3.8) is 0 Å². The summed E-state index contributed by atoms with van der Waals surface area (Å²) in [5, 5.41) is 2.76. The summed E-state index contributed by atoms with van der Waals surface area (Å²) in [7, 11) is -3.36. The third-order valence-electron chi connectivity index (χ3n) is 5.42. The van der Waals surface area contributed by atoms with Crippen molar-refractivity contribution in [1.82, 2.24) is 9.21 Å². The lowest BCUT2D eigenvalue weighted by Crippen LogP contribution is -2.38. The van der Waals surface area contributed by atoms with Crippen molar-refractivity contribution in [3.8, 4) is 0 Å². The van der Waals surface area contributed by atoms with Gasteiger partial charge in [-0.25, -0.2) is 17.1 Å². The molecule has 0 saturated carbocycles. The Morgan fingerprint density at radius 3 is 2.62 bits per heavy atom. The summed E-state index contributed by atoms with van der Waals surface area (Å²) >= 11 is 0. The van der Waals surface area contributed by atoms with Crippen LogP contribution < -0.4 is 5.32 Å². The molecule has 1 unspecified atom stereocenters. The molecule has 32 heavy (non-hydrogen) atoms. The van der Waals surface area contributed by atoms with Gasteiger partial charge in [-0.05, 0) is 30.2 Å². The maximum absolute atomic E-state index is 13.5. The summed E-state index contributed by atoms with van der Waals surface area (Å²) in [6, 6.07) is 14.0. The molecule has 3 rings (SSSR count).